The number of amides is 1. The Bertz CT molecular complexity index is 1310. The number of halogens is 3. The van der Waals surface area contributed by atoms with Gasteiger partial charge in [-0.3, -0.25) is 4.79 Å². The maximum atomic E-state index is 13.7. The molecule has 1 aromatic heterocycles. The van der Waals surface area contributed by atoms with Crippen LogP contribution in [-0.4, -0.2) is 54.2 Å². The zero-order valence-electron chi connectivity index (χ0n) is 21.3. The molecule has 1 heterocycles. The fraction of sp³-hybridized carbons (Fsp3) is 0.231. The van der Waals surface area contributed by atoms with Crippen molar-refractivity contribution in [2.75, 3.05) is 43.8 Å². The van der Waals surface area contributed by atoms with Crippen molar-refractivity contribution in [1.82, 2.24) is 14.9 Å². The van der Waals surface area contributed by atoms with Gasteiger partial charge >= 0.3 is 6.18 Å². The van der Waals surface area contributed by atoms with Crippen molar-refractivity contribution in [1.29, 1.82) is 0 Å². The van der Waals surface area contributed by atoms with Gasteiger partial charge in [-0.05, 0) is 69.0 Å². The molecule has 0 radical (unpaired) electrons. The predicted octanol–water partition coefficient (Wildman–Crippen LogP) is 5.14. The lowest BCUT2D eigenvalue weighted by atomic mass is 10.1. The van der Waals surface area contributed by atoms with Crippen molar-refractivity contribution < 1.29 is 22.7 Å². The number of alkyl halides is 3. The zero-order chi connectivity index (χ0) is 27.7. The van der Waals surface area contributed by atoms with Gasteiger partial charge in [-0.1, -0.05) is 12.1 Å². The molecule has 0 saturated heterocycles. The van der Waals surface area contributed by atoms with E-state index in [0.717, 1.165) is 5.56 Å². The Balaban J connectivity index is 1.79. The summed E-state index contributed by atoms with van der Waals surface area (Å²) in [6.07, 6.45) is -0.941. The van der Waals surface area contributed by atoms with Crippen LogP contribution in [-0.2, 0) is 11.0 Å². The molecule has 38 heavy (non-hydrogen) atoms. The number of hydrazone groups is 1. The van der Waals surface area contributed by atoms with Crippen LogP contribution in [0.15, 0.2) is 72.0 Å². The van der Waals surface area contributed by atoms with Gasteiger partial charge in [-0.2, -0.15) is 23.3 Å². The average molecular weight is 528 g/mol. The van der Waals surface area contributed by atoms with Crippen molar-refractivity contribution >= 4 is 34.8 Å². The minimum absolute atomic E-state index is 0.135. The number of likely N-dealkylation sites (N-methyl/N-ethyl adjacent to an activating group) is 1. The van der Waals surface area contributed by atoms with Gasteiger partial charge in [-0.25, -0.2) is 10.4 Å². The topological polar surface area (TPSA) is 104 Å². The third-order valence-corrected chi connectivity index (χ3v) is 5.06. The van der Waals surface area contributed by atoms with Gasteiger partial charge in [0, 0.05) is 30.2 Å². The monoisotopic (exact) mass is 527 g/mol. The Labute approximate surface area is 218 Å². The number of nitrogens with one attached hydrogen (secondary N) is 3. The second-order valence-electron chi connectivity index (χ2n) is 8.35. The van der Waals surface area contributed by atoms with Crippen molar-refractivity contribution in [2.45, 2.75) is 13.1 Å². The van der Waals surface area contributed by atoms with Crippen LogP contribution in [0, 0.1) is 0 Å². The van der Waals surface area contributed by atoms with Crippen LogP contribution < -0.4 is 20.8 Å². The normalized spacial score (nSPS) is 12.1. The third-order valence-electron chi connectivity index (χ3n) is 5.06. The van der Waals surface area contributed by atoms with Crippen molar-refractivity contribution in [3.05, 3.63) is 78.0 Å². The molecule has 3 aromatic rings. The molecule has 12 heteroatoms. The van der Waals surface area contributed by atoms with Crippen molar-refractivity contribution in [2.24, 2.45) is 5.10 Å². The van der Waals surface area contributed by atoms with Gasteiger partial charge < -0.3 is 20.3 Å². The molecule has 3 rings (SSSR count). The van der Waals surface area contributed by atoms with Gasteiger partial charge in [-0.15, -0.1) is 0 Å². The molecule has 0 fully saturated rings. The Morgan fingerprint density at radius 2 is 1.84 bits per heavy atom. The van der Waals surface area contributed by atoms with Gasteiger partial charge in [0.1, 0.15) is 17.1 Å². The number of ether oxygens (including phenoxy) is 1. The molecule has 3 N–H and O–H groups in total. The summed E-state index contributed by atoms with van der Waals surface area (Å²) in [5.74, 6) is -0.287. The quantitative estimate of drug-likeness (QED) is 0.191. The van der Waals surface area contributed by atoms with Crippen LogP contribution in [0.2, 0.25) is 0 Å². The lowest BCUT2D eigenvalue weighted by Crippen LogP contribution is -2.13. The number of rotatable bonds is 10. The SMILES string of the molecule is COc1ccc(/C(C)=N/Nc2ncc(C(F)(F)F)c(Nc3cccc(NC(=O)/C=C/CN(C)C)c3)n2)cc1. The fourth-order valence-corrected chi connectivity index (χ4v) is 3.13. The molecule has 1 amide bonds. The molecular weight excluding hydrogens is 499 g/mol. The van der Waals surface area contributed by atoms with E-state index in [1.54, 1.807) is 62.6 Å². The first-order chi connectivity index (χ1) is 18.0. The van der Waals surface area contributed by atoms with Gasteiger partial charge in [0.25, 0.3) is 0 Å². The molecule has 0 spiro atoms. The van der Waals surface area contributed by atoms with E-state index >= 15 is 0 Å². The molecule has 0 aliphatic rings. The molecule has 0 aliphatic carbocycles. The Morgan fingerprint density at radius 3 is 2.50 bits per heavy atom. The van der Waals surface area contributed by atoms with E-state index in [-0.39, 0.29) is 17.5 Å². The van der Waals surface area contributed by atoms with Crippen LogP contribution in [0.1, 0.15) is 18.1 Å². The highest BCUT2D eigenvalue weighted by Crippen LogP contribution is 2.35. The standard InChI is InChI=1S/C26H28F3N7O2/c1-17(18-10-12-21(38-4)13-11-18)34-35-25-30-16-22(26(27,28)29)24(33-25)32-20-8-5-7-19(15-20)31-23(37)9-6-14-36(2)3/h5-13,15-16H,14H2,1-4H3,(H,31,37)(H2,30,32,33,35)/b9-6+,34-17+. The number of carbonyl (C=O) groups excluding carboxylic acids is 1. The average Bonchev–Trinajstić information content (AvgIpc) is 2.86. The van der Waals surface area contributed by atoms with Crippen LogP contribution in [0.4, 0.5) is 36.3 Å². The minimum Gasteiger partial charge on any atom is -0.497 e. The number of methoxy groups -OCH3 is 1. The van der Waals surface area contributed by atoms with Gasteiger partial charge in [0.05, 0.1) is 12.8 Å². The first-order valence-electron chi connectivity index (χ1n) is 11.4. The van der Waals surface area contributed by atoms with Crippen LogP contribution >= 0.6 is 0 Å². The summed E-state index contributed by atoms with van der Waals surface area (Å²) < 4.78 is 46.1. The van der Waals surface area contributed by atoms with Crippen LogP contribution in [0.5, 0.6) is 5.75 Å². The summed E-state index contributed by atoms with van der Waals surface area (Å²) in [6.45, 7) is 2.32. The molecule has 2 aromatic carbocycles. The lowest BCUT2D eigenvalue weighted by Gasteiger charge is -2.15. The highest BCUT2D eigenvalue weighted by Gasteiger charge is 2.35. The van der Waals surface area contributed by atoms with Crippen LogP contribution in [0.3, 0.4) is 0 Å². The molecule has 0 bridgehead atoms. The van der Waals surface area contributed by atoms with E-state index in [4.69, 9.17) is 4.74 Å². The molecule has 0 atom stereocenters. The Hall–Kier alpha value is -4.45. The van der Waals surface area contributed by atoms with Crippen molar-refractivity contribution in [3.8, 4) is 5.75 Å². The molecule has 200 valence electrons. The van der Waals surface area contributed by atoms with Crippen LogP contribution in [0.25, 0.3) is 0 Å². The second-order valence-corrected chi connectivity index (χ2v) is 8.35. The van der Waals surface area contributed by atoms with E-state index in [2.05, 4.69) is 31.1 Å². The predicted molar refractivity (Wildman–Crippen MR) is 142 cm³/mol. The molecule has 9 nitrogen and oxygen atoms in total. The van der Waals surface area contributed by atoms with Gasteiger partial charge in [0.2, 0.25) is 11.9 Å². The fourth-order valence-electron chi connectivity index (χ4n) is 3.13. The second kappa shape index (κ2) is 12.7. The molecule has 0 saturated carbocycles. The number of benzene rings is 2. The van der Waals surface area contributed by atoms with Crippen molar-refractivity contribution in [3.63, 3.8) is 0 Å². The molecule has 0 unspecified atom stereocenters. The number of hydrogen-bond acceptors (Lipinski definition) is 8. The van der Waals surface area contributed by atoms with E-state index < -0.39 is 17.6 Å². The summed E-state index contributed by atoms with van der Waals surface area (Å²) >= 11 is 0. The Morgan fingerprint density at radius 1 is 1.13 bits per heavy atom. The minimum atomic E-state index is -4.70. The summed E-state index contributed by atoms with van der Waals surface area (Å²) in [6, 6.07) is 13.4. The number of carbonyl (C=O) groups is 1. The first kappa shape index (κ1) is 28.1. The molecular formula is C26H28F3N7O2. The maximum absolute atomic E-state index is 13.7. The van der Waals surface area contributed by atoms with Gasteiger partial charge in [0.15, 0.2) is 0 Å². The molecule has 0 aliphatic heterocycles. The number of nitrogens with zero attached hydrogens (tertiary/aromatic N) is 4. The summed E-state index contributed by atoms with van der Waals surface area (Å²) in [7, 11) is 5.30. The highest BCUT2D eigenvalue weighted by molar-refractivity contribution is 6.00. The Kier molecular flexibility index (Phi) is 9.39. The number of hydrogen-bond donors (Lipinski definition) is 3. The number of aromatic nitrogens is 2. The largest absolute Gasteiger partial charge is 0.497 e. The highest BCUT2D eigenvalue weighted by atomic mass is 19.4. The van der Waals surface area contributed by atoms with E-state index in [9.17, 15) is 18.0 Å². The zero-order valence-corrected chi connectivity index (χ0v) is 21.3. The van der Waals surface area contributed by atoms with E-state index in [1.807, 2.05) is 19.0 Å². The number of anilines is 4. The van der Waals surface area contributed by atoms with E-state index in [1.165, 1.54) is 12.1 Å². The summed E-state index contributed by atoms with van der Waals surface area (Å²) in [4.78, 5) is 21.8. The maximum Gasteiger partial charge on any atom is 0.421 e. The van der Waals surface area contributed by atoms with E-state index in [0.29, 0.717) is 29.9 Å². The summed E-state index contributed by atoms with van der Waals surface area (Å²) in [5.41, 5.74) is 3.57. The smallest absolute Gasteiger partial charge is 0.421 e. The first-order valence-corrected chi connectivity index (χ1v) is 11.4. The lowest BCUT2D eigenvalue weighted by molar-refractivity contribution is -0.137. The summed E-state index contributed by atoms with van der Waals surface area (Å²) in [5, 5.41) is 9.53. The third kappa shape index (κ3) is 8.30.